The maximum atomic E-state index is 9.79. The van der Waals surface area contributed by atoms with Crippen molar-refractivity contribution in [1.82, 2.24) is 0 Å². The van der Waals surface area contributed by atoms with Gasteiger partial charge in [0.15, 0.2) is 6.23 Å². The van der Waals surface area contributed by atoms with E-state index in [0.717, 1.165) is 5.69 Å². The van der Waals surface area contributed by atoms with Crippen LogP contribution in [0.4, 0.5) is 5.69 Å². The fourth-order valence-electron chi connectivity index (χ4n) is 1.87. The predicted octanol–water partition coefficient (Wildman–Crippen LogP) is -0.0740. The van der Waals surface area contributed by atoms with Crippen LogP contribution in [0, 0.1) is 0 Å². The molecule has 0 aliphatic carbocycles. The van der Waals surface area contributed by atoms with Crippen LogP contribution in [0.2, 0.25) is 0 Å². The van der Waals surface area contributed by atoms with Crippen molar-refractivity contribution in [3.05, 3.63) is 30.3 Å². The van der Waals surface area contributed by atoms with Gasteiger partial charge in [0.05, 0.1) is 6.10 Å². The van der Waals surface area contributed by atoms with Gasteiger partial charge in [0.1, 0.15) is 18.3 Å². The van der Waals surface area contributed by atoms with Gasteiger partial charge in [-0.05, 0) is 19.1 Å². The first-order valence-corrected chi connectivity index (χ1v) is 5.61. The molecular formula is C12H17NO4. The highest BCUT2D eigenvalue weighted by Gasteiger charge is 2.41. The summed E-state index contributed by atoms with van der Waals surface area (Å²) >= 11 is 0. The molecule has 1 aromatic rings. The molecule has 0 unspecified atom stereocenters. The lowest BCUT2D eigenvalue weighted by molar-refractivity contribution is -0.209. The summed E-state index contributed by atoms with van der Waals surface area (Å²) in [6.45, 7) is 1.65. The summed E-state index contributed by atoms with van der Waals surface area (Å²) in [5.74, 6) is 0. The summed E-state index contributed by atoms with van der Waals surface area (Å²) in [6, 6.07) is 9.25. The third-order valence-corrected chi connectivity index (χ3v) is 2.93. The first-order chi connectivity index (χ1) is 8.09. The van der Waals surface area contributed by atoms with E-state index in [2.05, 4.69) is 5.32 Å². The molecule has 0 radical (unpaired) electrons. The zero-order valence-electron chi connectivity index (χ0n) is 9.52. The number of rotatable bonds is 2. The van der Waals surface area contributed by atoms with Gasteiger partial charge in [-0.1, -0.05) is 18.2 Å². The van der Waals surface area contributed by atoms with Crippen LogP contribution >= 0.6 is 0 Å². The van der Waals surface area contributed by atoms with Gasteiger partial charge in [0.25, 0.3) is 0 Å². The van der Waals surface area contributed by atoms with Crippen LogP contribution in [0.3, 0.4) is 0 Å². The van der Waals surface area contributed by atoms with Crippen molar-refractivity contribution < 1.29 is 20.1 Å². The molecule has 0 bridgehead atoms. The highest BCUT2D eigenvalue weighted by Crippen LogP contribution is 2.22. The standard InChI is InChI=1S/C12H17NO4/c1-7-9(14)10(15)11(16)12(17-7)13-8-5-3-2-4-6-8/h2-7,9-16H,1H3/t7-,9-,10+,11+,12-/m1/s1. The van der Waals surface area contributed by atoms with Crippen molar-refractivity contribution in [2.45, 2.75) is 37.6 Å². The summed E-state index contributed by atoms with van der Waals surface area (Å²) in [5, 5.41) is 31.9. The molecule has 1 aliphatic heterocycles. The van der Waals surface area contributed by atoms with Gasteiger partial charge in [0.2, 0.25) is 0 Å². The van der Waals surface area contributed by atoms with Gasteiger partial charge in [-0.3, -0.25) is 0 Å². The van der Waals surface area contributed by atoms with Crippen molar-refractivity contribution in [1.29, 1.82) is 0 Å². The minimum absolute atomic E-state index is 0.533. The van der Waals surface area contributed by atoms with Crippen LogP contribution in [0.5, 0.6) is 0 Å². The predicted molar refractivity (Wildman–Crippen MR) is 62.4 cm³/mol. The highest BCUT2D eigenvalue weighted by atomic mass is 16.5. The van der Waals surface area contributed by atoms with E-state index >= 15 is 0 Å². The van der Waals surface area contributed by atoms with Crippen molar-refractivity contribution in [2.24, 2.45) is 0 Å². The minimum Gasteiger partial charge on any atom is -0.388 e. The van der Waals surface area contributed by atoms with Crippen molar-refractivity contribution in [3.63, 3.8) is 0 Å². The Labute approximate surface area is 99.7 Å². The van der Waals surface area contributed by atoms with E-state index in [9.17, 15) is 15.3 Å². The van der Waals surface area contributed by atoms with E-state index < -0.39 is 30.6 Å². The molecule has 0 saturated carbocycles. The number of benzene rings is 1. The molecule has 4 N–H and O–H groups in total. The molecule has 1 aliphatic rings. The first-order valence-electron chi connectivity index (χ1n) is 5.61. The topological polar surface area (TPSA) is 82.0 Å². The quantitative estimate of drug-likeness (QED) is 0.580. The molecule has 1 saturated heterocycles. The van der Waals surface area contributed by atoms with E-state index in [1.165, 1.54) is 0 Å². The average molecular weight is 239 g/mol. The van der Waals surface area contributed by atoms with Crippen LogP contribution in [0.1, 0.15) is 6.92 Å². The van der Waals surface area contributed by atoms with Gasteiger partial charge in [-0.2, -0.15) is 0 Å². The number of hydrogen-bond acceptors (Lipinski definition) is 5. The minimum atomic E-state index is -1.21. The number of ether oxygens (including phenoxy) is 1. The van der Waals surface area contributed by atoms with Crippen molar-refractivity contribution in [3.8, 4) is 0 Å². The van der Waals surface area contributed by atoms with Crippen LogP contribution < -0.4 is 5.32 Å². The second-order valence-electron chi connectivity index (χ2n) is 4.24. The molecule has 5 heteroatoms. The molecule has 1 fully saturated rings. The number of para-hydroxylation sites is 1. The largest absolute Gasteiger partial charge is 0.388 e. The second-order valence-corrected chi connectivity index (χ2v) is 4.24. The zero-order valence-corrected chi connectivity index (χ0v) is 9.52. The van der Waals surface area contributed by atoms with Crippen LogP contribution in [-0.2, 0) is 4.74 Å². The van der Waals surface area contributed by atoms with Gasteiger partial charge < -0.3 is 25.4 Å². The Morgan fingerprint density at radius 1 is 1.00 bits per heavy atom. The lowest BCUT2D eigenvalue weighted by Gasteiger charge is -2.39. The molecule has 5 nitrogen and oxygen atoms in total. The SMILES string of the molecule is C[C@H]1O[C@@H](Nc2ccccc2)[C@@H](O)[C@@H](O)[C@@H]1O. The summed E-state index contributed by atoms with van der Waals surface area (Å²) in [4.78, 5) is 0. The number of aliphatic hydroxyl groups is 3. The first kappa shape index (κ1) is 12.3. The molecule has 2 rings (SSSR count). The van der Waals surface area contributed by atoms with E-state index in [1.54, 1.807) is 6.92 Å². The number of nitrogens with one attached hydrogen (secondary N) is 1. The summed E-state index contributed by atoms with van der Waals surface area (Å²) in [7, 11) is 0. The Bertz CT molecular complexity index is 359. The highest BCUT2D eigenvalue weighted by molar-refractivity contribution is 5.43. The van der Waals surface area contributed by atoms with Gasteiger partial charge >= 0.3 is 0 Å². The Kier molecular flexibility index (Phi) is 3.63. The fourth-order valence-corrected chi connectivity index (χ4v) is 1.87. The summed E-state index contributed by atoms with van der Waals surface area (Å²) in [6.07, 6.45) is -4.71. The molecule has 0 amide bonds. The monoisotopic (exact) mass is 239 g/mol. The van der Waals surface area contributed by atoms with Crippen molar-refractivity contribution in [2.75, 3.05) is 5.32 Å². The van der Waals surface area contributed by atoms with Gasteiger partial charge in [-0.25, -0.2) is 0 Å². The Morgan fingerprint density at radius 2 is 1.65 bits per heavy atom. The fraction of sp³-hybridized carbons (Fsp3) is 0.500. The number of hydrogen-bond donors (Lipinski definition) is 4. The van der Waals surface area contributed by atoms with E-state index in [4.69, 9.17) is 4.74 Å². The van der Waals surface area contributed by atoms with Crippen LogP contribution in [-0.4, -0.2) is 46.0 Å². The lowest BCUT2D eigenvalue weighted by atomic mass is 9.99. The third kappa shape index (κ3) is 2.58. The number of anilines is 1. The van der Waals surface area contributed by atoms with Gasteiger partial charge in [0, 0.05) is 5.69 Å². The Morgan fingerprint density at radius 3 is 2.29 bits per heavy atom. The maximum Gasteiger partial charge on any atom is 0.157 e. The molecule has 0 aromatic heterocycles. The van der Waals surface area contributed by atoms with Crippen LogP contribution in [0.15, 0.2) is 30.3 Å². The third-order valence-electron chi connectivity index (χ3n) is 2.93. The van der Waals surface area contributed by atoms with Crippen LogP contribution in [0.25, 0.3) is 0 Å². The van der Waals surface area contributed by atoms with E-state index in [1.807, 2.05) is 30.3 Å². The molecule has 1 aromatic carbocycles. The second kappa shape index (κ2) is 5.01. The van der Waals surface area contributed by atoms with Gasteiger partial charge in [-0.15, -0.1) is 0 Å². The average Bonchev–Trinajstić information content (AvgIpc) is 2.35. The molecule has 0 spiro atoms. The number of aliphatic hydroxyl groups excluding tert-OH is 3. The normalized spacial score (nSPS) is 37.8. The van der Waals surface area contributed by atoms with E-state index in [0.29, 0.717) is 0 Å². The summed E-state index contributed by atoms with van der Waals surface area (Å²) in [5.41, 5.74) is 0.785. The molecule has 17 heavy (non-hydrogen) atoms. The van der Waals surface area contributed by atoms with E-state index in [-0.39, 0.29) is 0 Å². The maximum absolute atomic E-state index is 9.79. The zero-order chi connectivity index (χ0) is 12.4. The smallest absolute Gasteiger partial charge is 0.157 e. The Balaban J connectivity index is 2.06. The molecular weight excluding hydrogens is 222 g/mol. The van der Waals surface area contributed by atoms with Crippen molar-refractivity contribution >= 4 is 5.69 Å². The lowest BCUT2D eigenvalue weighted by Crippen LogP contribution is -2.58. The summed E-state index contributed by atoms with van der Waals surface area (Å²) < 4.78 is 5.41. The molecule has 1 heterocycles. The Hall–Kier alpha value is -1.14. The molecule has 94 valence electrons. The molecule has 5 atom stereocenters.